The number of carbonyl (C=O) groups is 1. The Morgan fingerprint density at radius 2 is 1.86 bits per heavy atom. The number of carbonyl (C=O) groups excluding carboxylic acids is 1. The van der Waals surface area contributed by atoms with Gasteiger partial charge in [0.25, 0.3) is 0 Å². The fraction of sp³-hybridized carbons (Fsp3) is 0.188. The monoisotopic (exact) mass is 325 g/mol. The van der Waals surface area contributed by atoms with Crippen molar-refractivity contribution in [3.63, 3.8) is 0 Å². The molecule has 0 bridgehead atoms. The zero-order valence-corrected chi connectivity index (χ0v) is 12.3. The number of amides is 1. The largest absolute Gasteiger partial charge is 0.394 e. The average molecular weight is 326 g/mol. The van der Waals surface area contributed by atoms with Crippen LogP contribution in [0.2, 0.25) is 5.02 Å². The molecule has 0 saturated heterocycles. The molecular weight excluding hydrogens is 312 g/mol. The van der Waals surface area contributed by atoms with Crippen molar-refractivity contribution in [1.29, 1.82) is 0 Å². The molecule has 2 N–H and O–H groups in total. The maximum absolute atomic E-state index is 13.5. The Morgan fingerprint density at radius 1 is 1.18 bits per heavy atom. The molecule has 0 fully saturated rings. The molecule has 1 unspecified atom stereocenters. The Hall–Kier alpha value is -1.98. The Labute approximate surface area is 131 Å². The first-order valence-corrected chi connectivity index (χ1v) is 6.97. The van der Waals surface area contributed by atoms with Gasteiger partial charge in [-0.15, -0.1) is 0 Å². The Morgan fingerprint density at radius 3 is 2.50 bits per heavy atom. The molecule has 0 aliphatic rings. The van der Waals surface area contributed by atoms with E-state index in [0.717, 1.165) is 18.2 Å². The van der Waals surface area contributed by atoms with Gasteiger partial charge in [0.2, 0.25) is 5.91 Å². The number of aliphatic hydroxyl groups excluding tert-OH is 1. The highest BCUT2D eigenvalue weighted by Gasteiger charge is 2.15. The number of benzene rings is 2. The van der Waals surface area contributed by atoms with Crippen molar-refractivity contribution in [3.8, 4) is 0 Å². The van der Waals surface area contributed by atoms with Crippen LogP contribution in [0.4, 0.5) is 8.78 Å². The van der Waals surface area contributed by atoms with E-state index in [0.29, 0.717) is 10.6 Å². The van der Waals surface area contributed by atoms with Gasteiger partial charge in [-0.1, -0.05) is 23.7 Å². The average Bonchev–Trinajstić information content (AvgIpc) is 2.49. The highest BCUT2D eigenvalue weighted by molar-refractivity contribution is 6.30. The van der Waals surface area contributed by atoms with Crippen molar-refractivity contribution < 1.29 is 18.7 Å². The fourth-order valence-electron chi connectivity index (χ4n) is 2.03. The molecular formula is C16H14ClF2NO2. The number of hydrogen-bond acceptors (Lipinski definition) is 2. The van der Waals surface area contributed by atoms with Crippen LogP contribution < -0.4 is 5.32 Å². The van der Waals surface area contributed by atoms with E-state index in [1.807, 2.05) is 0 Å². The molecule has 0 spiro atoms. The molecule has 116 valence electrons. The first-order chi connectivity index (χ1) is 10.5. The number of hydrogen-bond donors (Lipinski definition) is 2. The molecule has 3 nitrogen and oxygen atoms in total. The minimum Gasteiger partial charge on any atom is -0.394 e. The summed E-state index contributed by atoms with van der Waals surface area (Å²) >= 11 is 5.78. The van der Waals surface area contributed by atoms with Crippen LogP contribution in [0.15, 0.2) is 42.5 Å². The molecule has 0 aliphatic carbocycles. The van der Waals surface area contributed by atoms with Crippen LogP contribution >= 0.6 is 11.6 Å². The van der Waals surface area contributed by atoms with Gasteiger partial charge < -0.3 is 10.4 Å². The number of rotatable bonds is 5. The number of nitrogens with one attached hydrogen (secondary N) is 1. The maximum Gasteiger partial charge on any atom is 0.225 e. The van der Waals surface area contributed by atoms with Gasteiger partial charge in [0, 0.05) is 10.6 Å². The van der Waals surface area contributed by atoms with Crippen LogP contribution in [-0.4, -0.2) is 17.6 Å². The predicted octanol–water partition coefficient (Wildman–Crippen LogP) is 3.01. The van der Waals surface area contributed by atoms with E-state index in [1.165, 1.54) is 0 Å². The zero-order valence-electron chi connectivity index (χ0n) is 11.5. The van der Waals surface area contributed by atoms with Crippen LogP contribution in [0.1, 0.15) is 17.2 Å². The molecule has 2 rings (SSSR count). The minimum atomic E-state index is -0.649. The van der Waals surface area contributed by atoms with Crippen molar-refractivity contribution in [2.45, 2.75) is 12.5 Å². The highest BCUT2D eigenvalue weighted by Crippen LogP contribution is 2.17. The van der Waals surface area contributed by atoms with Gasteiger partial charge in [0.05, 0.1) is 19.1 Å². The summed E-state index contributed by atoms with van der Waals surface area (Å²) in [6.07, 6.45) is -0.312. The number of halogens is 3. The van der Waals surface area contributed by atoms with E-state index in [2.05, 4.69) is 5.32 Å². The summed E-state index contributed by atoms with van der Waals surface area (Å²) in [6.45, 7) is -0.320. The first-order valence-electron chi connectivity index (χ1n) is 6.59. The molecule has 2 aromatic rings. The smallest absolute Gasteiger partial charge is 0.225 e. The van der Waals surface area contributed by atoms with E-state index < -0.39 is 23.6 Å². The van der Waals surface area contributed by atoms with Gasteiger partial charge in [-0.2, -0.15) is 0 Å². The summed E-state index contributed by atoms with van der Waals surface area (Å²) < 4.78 is 26.6. The van der Waals surface area contributed by atoms with Crippen molar-refractivity contribution in [2.75, 3.05) is 6.61 Å². The fourth-order valence-corrected chi connectivity index (χ4v) is 2.15. The van der Waals surface area contributed by atoms with Gasteiger partial charge >= 0.3 is 0 Å². The quantitative estimate of drug-likeness (QED) is 0.888. The molecule has 2 aromatic carbocycles. The van der Waals surface area contributed by atoms with Crippen LogP contribution in [0.3, 0.4) is 0 Å². The Bertz CT molecular complexity index is 662. The van der Waals surface area contributed by atoms with E-state index >= 15 is 0 Å². The molecule has 0 heterocycles. The Balaban J connectivity index is 2.06. The van der Waals surface area contributed by atoms with Gasteiger partial charge in [-0.05, 0) is 35.9 Å². The minimum absolute atomic E-state index is 0.0368. The van der Waals surface area contributed by atoms with Crippen LogP contribution in [0.5, 0.6) is 0 Å². The predicted molar refractivity (Wildman–Crippen MR) is 79.5 cm³/mol. The molecule has 0 radical (unpaired) electrons. The van der Waals surface area contributed by atoms with Gasteiger partial charge in [-0.3, -0.25) is 4.79 Å². The molecule has 0 aromatic heterocycles. The van der Waals surface area contributed by atoms with E-state index in [-0.39, 0.29) is 18.6 Å². The van der Waals surface area contributed by atoms with Crippen molar-refractivity contribution in [2.24, 2.45) is 0 Å². The standard InChI is InChI=1S/C16H14ClF2NO2/c17-12-3-1-10(2-4-12)15(9-21)20-16(22)8-11-7-13(18)5-6-14(11)19/h1-7,15,21H,8-9H2,(H,20,22). The molecule has 1 atom stereocenters. The zero-order chi connectivity index (χ0) is 16.1. The lowest BCUT2D eigenvalue weighted by Crippen LogP contribution is -2.32. The van der Waals surface area contributed by atoms with E-state index in [4.69, 9.17) is 11.6 Å². The van der Waals surface area contributed by atoms with E-state index in [1.54, 1.807) is 24.3 Å². The van der Waals surface area contributed by atoms with Gasteiger partial charge in [-0.25, -0.2) is 8.78 Å². The third-order valence-electron chi connectivity index (χ3n) is 3.15. The summed E-state index contributed by atoms with van der Waals surface area (Å²) in [5.74, 6) is -1.78. The van der Waals surface area contributed by atoms with E-state index in [9.17, 15) is 18.7 Å². The second-order valence-corrected chi connectivity index (χ2v) is 5.20. The topological polar surface area (TPSA) is 49.3 Å². The molecule has 0 aliphatic heterocycles. The van der Waals surface area contributed by atoms with Gasteiger partial charge in [0.15, 0.2) is 0 Å². The molecule has 1 amide bonds. The third kappa shape index (κ3) is 4.26. The lowest BCUT2D eigenvalue weighted by Gasteiger charge is -2.17. The van der Waals surface area contributed by atoms with Crippen LogP contribution in [0, 0.1) is 11.6 Å². The summed E-state index contributed by atoms with van der Waals surface area (Å²) in [7, 11) is 0. The summed E-state index contributed by atoms with van der Waals surface area (Å²) in [5.41, 5.74) is 0.630. The molecule has 22 heavy (non-hydrogen) atoms. The van der Waals surface area contributed by atoms with Crippen molar-refractivity contribution in [1.82, 2.24) is 5.32 Å². The van der Waals surface area contributed by atoms with Crippen molar-refractivity contribution >= 4 is 17.5 Å². The lowest BCUT2D eigenvalue weighted by atomic mass is 10.1. The SMILES string of the molecule is O=C(Cc1cc(F)ccc1F)NC(CO)c1ccc(Cl)cc1. The second-order valence-electron chi connectivity index (χ2n) is 4.77. The Kier molecular flexibility index (Phi) is 5.46. The highest BCUT2D eigenvalue weighted by atomic mass is 35.5. The normalized spacial score (nSPS) is 12.0. The van der Waals surface area contributed by atoms with Gasteiger partial charge in [0.1, 0.15) is 11.6 Å². The second kappa shape index (κ2) is 7.33. The van der Waals surface area contributed by atoms with Crippen LogP contribution in [0.25, 0.3) is 0 Å². The van der Waals surface area contributed by atoms with Crippen LogP contribution in [-0.2, 0) is 11.2 Å². The maximum atomic E-state index is 13.5. The van der Waals surface area contributed by atoms with Crippen molar-refractivity contribution in [3.05, 3.63) is 70.2 Å². The third-order valence-corrected chi connectivity index (χ3v) is 3.40. The molecule has 6 heteroatoms. The molecule has 0 saturated carbocycles. The summed E-state index contributed by atoms with van der Waals surface area (Å²) in [6, 6.07) is 8.92. The number of aliphatic hydroxyl groups is 1. The first kappa shape index (κ1) is 16.4. The summed E-state index contributed by atoms with van der Waals surface area (Å²) in [4.78, 5) is 11.9. The summed E-state index contributed by atoms with van der Waals surface area (Å²) in [5, 5.41) is 12.5. The lowest BCUT2D eigenvalue weighted by molar-refractivity contribution is -0.121.